The van der Waals surface area contributed by atoms with Crippen LogP contribution < -0.4 is 5.32 Å². The van der Waals surface area contributed by atoms with E-state index in [1.165, 1.54) is 28.6 Å². The van der Waals surface area contributed by atoms with Crippen molar-refractivity contribution in [1.29, 1.82) is 0 Å². The lowest BCUT2D eigenvalue weighted by molar-refractivity contribution is -0.154. The summed E-state index contributed by atoms with van der Waals surface area (Å²) in [6, 6.07) is 8.86. The number of rotatable bonds is 2. The van der Waals surface area contributed by atoms with Crippen LogP contribution in [0.4, 0.5) is 0 Å². The maximum atomic E-state index is 13.3. The average Bonchev–Trinajstić information content (AvgIpc) is 2.84. The molecule has 1 aliphatic carbocycles. The third-order valence-corrected chi connectivity index (χ3v) is 7.00. The molecule has 2 aliphatic heterocycles. The van der Waals surface area contributed by atoms with Crippen LogP contribution >= 0.6 is 0 Å². The van der Waals surface area contributed by atoms with Crippen LogP contribution in [0.15, 0.2) is 24.3 Å². The number of aromatic nitrogens is 1. The third kappa shape index (κ3) is 1.84. The number of para-hydroxylation sites is 1. The maximum absolute atomic E-state index is 13.3. The zero-order valence-electron chi connectivity index (χ0n) is 15.0. The Morgan fingerprint density at radius 3 is 3.04 bits per heavy atom. The molecule has 1 aromatic heterocycles. The summed E-state index contributed by atoms with van der Waals surface area (Å²) in [5.41, 5.74) is 3.39. The van der Waals surface area contributed by atoms with Gasteiger partial charge in [0.1, 0.15) is 5.41 Å². The van der Waals surface area contributed by atoms with Crippen LogP contribution in [0.25, 0.3) is 10.9 Å². The van der Waals surface area contributed by atoms with Gasteiger partial charge in [-0.15, -0.1) is 0 Å². The smallest absolute Gasteiger partial charge is 0.319 e. The van der Waals surface area contributed by atoms with Crippen molar-refractivity contribution >= 4 is 16.9 Å². The number of hydrogen-bond acceptors (Lipinski definition) is 3. The van der Waals surface area contributed by atoms with Crippen molar-refractivity contribution in [2.45, 2.75) is 50.6 Å². The Bertz CT molecular complexity index is 840. The largest absolute Gasteiger partial charge is 0.468 e. The van der Waals surface area contributed by atoms with Crippen LogP contribution in [0.5, 0.6) is 0 Å². The number of esters is 1. The van der Waals surface area contributed by atoms with Crippen molar-refractivity contribution in [1.82, 2.24) is 9.88 Å². The van der Waals surface area contributed by atoms with Gasteiger partial charge in [-0.1, -0.05) is 31.5 Å². The Morgan fingerprint density at radius 1 is 1.40 bits per heavy atom. The van der Waals surface area contributed by atoms with Crippen molar-refractivity contribution in [3.63, 3.8) is 0 Å². The number of fused-ring (bicyclic) bond motifs is 4. The molecule has 132 valence electrons. The van der Waals surface area contributed by atoms with E-state index in [9.17, 15) is 4.79 Å². The molecule has 4 nitrogen and oxygen atoms in total. The molecule has 25 heavy (non-hydrogen) atoms. The van der Waals surface area contributed by atoms with Gasteiger partial charge in [0.2, 0.25) is 0 Å². The number of nitrogens with zero attached hydrogens (tertiary/aromatic N) is 1. The highest BCUT2D eigenvalue weighted by Gasteiger charge is 2.60. The summed E-state index contributed by atoms with van der Waals surface area (Å²) in [7, 11) is 1.55. The highest BCUT2D eigenvalue weighted by Crippen LogP contribution is 2.54. The van der Waals surface area contributed by atoms with E-state index in [1.807, 2.05) is 0 Å². The van der Waals surface area contributed by atoms with E-state index in [4.69, 9.17) is 4.74 Å². The van der Waals surface area contributed by atoms with Crippen LogP contribution in [0.2, 0.25) is 0 Å². The summed E-state index contributed by atoms with van der Waals surface area (Å²) in [6.07, 6.45) is 4.23. The standard InChI is InChI=1S/C21H26N2O2/c1-3-14-10-13-11-21(20(24)25-2)18(14)22-9-8-16-15-6-4-5-7-17(15)23(12-13)19(16)21/h4-7,13-14,18,22H,3,8-12H2,1-2H3/t13-,14-,18+,21+/m0/s1. The molecule has 1 aromatic carbocycles. The van der Waals surface area contributed by atoms with Crippen LogP contribution in [0.3, 0.4) is 0 Å². The fourth-order valence-electron chi connectivity index (χ4n) is 6.19. The molecule has 0 saturated heterocycles. The van der Waals surface area contributed by atoms with E-state index >= 15 is 0 Å². The van der Waals surface area contributed by atoms with Crippen molar-refractivity contribution in [2.24, 2.45) is 11.8 Å². The molecular formula is C21H26N2O2. The molecule has 1 saturated carbocycles. The van der Waals surface area contributed by atoms with Gasteiger partial charge in [-0.2, -0.15) is 0 Å². The first kappa shape index (κ1) is 15.4. The molecule has 0 amide bonds. The molecule has 4 atom stereocenters. The summed E-state index contributed by atoms with van der Waals surface area (Å²) in [4.78, 5) is 13.3. The van der Waals surface area contributed by atoms with E-state index in [1.54, 1.807) is 7.11 Å². The fraction of sp³-hybridized carbons (Fsp3) is 0.571. The van der Waals surface area contributed by atoms with Crippen LogP contribution in [0, 0.1) is 11.8 Å². The summed E-state index contributed by atoms with van der Waals surface area (Å²) >= 11 is 0. The van der Waals surface area contributed by atoms with E-state index < -0.39 is 5.41 Å². The quantitative estimate of drug-likeness (QED) is 0.856. The molecule has 4 heteroatoms. The number of benzene rings is 1. The molecule has 2 bridgehead atoms. The molecule has 5 rings (SSSR count). The maximum Gasteiger partial charge on any atom is 0.319 e. The third-order valence-electron chi connectivity index (χ3n) is 7.00. The monoisotopic (exact) mass is 338 g/mol. The van der Waals surface area contributed by atoms with Gasteiger partial charge in [-0.05, 0) is 49.3 Å². The van der Waals surface area contributed by atoms with Gasteiger partial charge in [0, 0.05) is 29.2 Å². The van der Waals surface area contributed by atoms with Crippen molar-refractivity contribution in [3.05, 3.63) is 35.5 Å². The molecular weight excluding hydrogens is 312 g/mol. The van der Waals surface area contributed by atoms with Gasteiger partial charge in [0.05, 0.1) is 7.11 Å². The predicted octanol–water partition coefficient (Wildman–Crippen LogP) is 3.02. The minimum Gasteiger partial charge on any atom is -0.468 e. The number of carbonyl (C=O) groups is 1. The van der Waals surface area contributed by atoms with E-state index in [-0.39, 0.29) is 12.0 Å². The van der Waals surface area contributed by atoms with Gasteiger partial charge in [-0.25, -0.2) is 0 Å². The van der Waals surface area contributed by atoms with Gasteiger partial charge in [0.25, 0.3) is 0 Å². The fourth-order valence-corrected chi connectivity index (χ4v) is 6.19. The average molecular weight is 338 g/mol. The van der Waals surface area contributed by atoms with Crippen LogP contribution in [0.1, 0.15) is 37.4 Å². The molecule has 3 aliphatic rings. The Kier molecular flexibility index (Phi) is 3.30. The predicted molar refractivity (Wildman–Crippen MR) is 97.6 cm³/mol. The second-order valence-electron chi connectivity index (χ2n) is 8.07. The van der Waals surface area contributed by atoms with Gasteiger partial charge < -0.3 is 14.6 Å². The first-order chi connectivity index (χ1) is 12.2. The lowest BCUT2D eigenvalue weighted by Gasteiger charge is -2.52. The number of nitrogens with one attached hydrogen (secondary N) is 1. The zero-order valence-corrected chi connectivity index (χ0v) is 15.0. The Labute approximate surface area is 148 Å². The van der Waals surface area contributed by atoms with Crippen molar-refractivity contribution in [3.8, 4) is 0 Å². The van der Waals surface area contributed by atoms with Crippen LogP contribution in [-0.4, -0.2) is 30.2 Å². The van der Waals surface area contributed by atoms with Crippen LogP contribution in [-0.2, 0) is 27.9 Å². The Balaban J connectivity index is 1.88. The molecule has 0 radical (unpaired) electrons. The molecule has 1 fully saturated rings. The summed E-state index contributed by atoms with van der Waals surface area (Å²) in [6.45, 7) is 4.24. The minimum atomic E-state index is -0.526. The first-order valence-electron chi connectivity index (χ1n) is 9.63. The number of carbonyl (C=O) groups excluding carboxylic acids is 1. The SMILES string of the molecule is CC[C@H]1C[C@@H]2Cn3c4c(c5ccccc53)CCN[C@H]1[C@]4(C(=O)OC)C2. The molecule has 3 heterocycles. The number of ether oxygens (including phenoxy) is 1. The Morgan fingerprint density at radius 2 is 2.24 bits per heavy atom. The summed E-state index contributed by atoms with van der Waals surface area (Å²) < 4.78 is 7.89. The Hall–Kier alpha value is -1.81. The highest BCUT2D eigenvalue weighted by molar-refractivity contribution is 5.92. The second-order valence-corrected chi connectivity index (χ2v) is 8.07. The van der Waals surface area contributed by atoms with Gasteiger partial charge >= 0.3 is 5.97 Å². The molecule has 1 N–H and O–H groups in total. The van der Waals surface area contributed by atoms with Gasteiger partial charge in [-0.3, -0.25) is 4.79 Å². The van der Waals surface area contributed by atoms with E-state index in [2.05, 4.69) is 41.1 Å². The van der Waals surface area contributed by atoms with Crippen molar-refractivity contribution < 1.29 is 9.53 Å². The highest BCUT2D eigenvalue weighted by atomic mass is 16.5. The molecule has 0 spiro atoms. The van der Waals surface area contributed by atoms with E-state index in [0.29, 0.717) is 11.8 Å². The first-order valence-corrected chi connectivity index (χ1v) is 9.63. The minimum absolute atomic E-state index is 0.0416. The summed E-state index contributed by atoms with van der Waals surface area (Å²) in [5.74, 6) is 1.05. The van der Waals surface area contributed by atoms with Crippen molar-refractivity contribution in [2.75, 3.05) is 13.7 Å². The lowest BCUT2D eigenvalue weighted by atomic mass is 9.58. The topological polar surface area (TPSA) is 43.3 Å². The number of hydrogen-bond donors (Lipinski definition) is 1. The number of methoxy groups -OCH3 is 1. The lowest BCUT2D eigenvalue weighted by Crippen LogP contribution is -2.63. The van der Waals surface area contributed by atoms with E-state index in [0.717, 1.165) is 32.4 Å². The summed E-state index contributed by atoms with van der Waals surface area (Å²) in [5, 5.41) is 5.09. The molecule has 2 aromatic rings. The van der Waals surface area contributed by atoms with Gasteiger partial charge in [0.15, 0.2) is 0 Å². The molecule has 0 unspecified atom stereocenters. The second kappa shape index (κ2) is 5.34. The zero-order chi connectivity index (χ0) is 17.2. The normalized spacial score (nSPS) is 33.1.